The average molecular weight is 711 g/mol. The molecule has 8 nitrogen and oxygen atoms in total. The molecule has 1 aliphatic rings. The van der Waals surface area contributed by atoms with Gasteiger partial charge in [-0.3, -0.25) is 14.4 Å². The lowest BCUT2D eigenvalue weighted by Gasteiger charge is -2.32. The Bertz CT molecular complexity index is 2580. The maximum absolute atomic E-state index is 14.5. The van der Waals surface area contributed by atoms with E-state index in [1.807, 2.05) is 89.8 Å². The van der Waals surface area contributed by atoms with Crippen LogP contribution in [0, 0.1) is 0 Å². The van der Waals surface area contributed by atoms with Gasteiger partial charge in [0.15, 0.2) is 0 Å². The first kappa shape index (κ1) is 34.3. The third-order valence-electron chi connectivity index (χ3n) is 10.2. The average Bonchev–Trinajstić information content (AvgIpc) is 3.30. The fourth-order valence-electron chi connectivity index (χ4n) is 7.49. The van der Waals surface area contributed by atoms with Crippen molar-refractivity contribution in [1.82, 2.24) is 4.90 Å². The summed E-state index contributed by atoms with van der Waals surface area (Å²) < 4.78 is 0. The van der Waals surface area contributed by atoms with Crippen LogP contribution in [0.2, 0.25) is 0 Å². The van der Waals surface area contributed by atoms with Gasteiger partial charge >= 0.3 is 5.97 Å². The Morgan fingerprint density at radius 3 is 2.26 bits per heavy atom. The second kappa shape index (κ2) is 14.7. The summed E-state index contributed by atoms with van der Waals surface area (Å²) in [4.78, 5) is 43.8. The van der Waals surface area contributed by atoms with E-state index in [1.165, 1.54) is 10.8 Å². The molecule has 1 heterocycles. The first-order chi connectivity index (χ1) is 26.4. The summed E-state index contributed by atoms with van der Waals surface area (Å²) in [5, 5.41) is 19.9. The van der Waals surface area contributed by atoms with Gasteiger partial charge in [0.25, 0.3) is 5.91 Å². The molecule has 8 rings (SSSR count). The fraction of sp³-hybridized carbons (Fsp3) is 0.109. The number of benzene rings is 7. The van der Waals surface area contributed by atoms with Crippen LogP contribution in [0.25, 0.3) is 38.4 Å². The summed E-state index contributed by atoms with van der Waals surface area (Å²) >= 11 is 0. The van der Waals surface area contributed by atoms with Crippen molar-refractivity contribution in [3.05, 3.63) is 174 Å². The van der Waals surface area contributed by atoms with E-state index in [4.69, 9.17) is 5.73 Å². The lowest BCUT2D eigenvalue weighted by molar-refractivity contribution is -0.141. The molecule has 1 atom stereocenters. The summed E-state index contributed by atoms with van der Waals surface area (Å²) in [5.74, 6) is -1.68. The number of amides is 2. The minimum absolute atomic E-state index is 0.173. The number of aliphatic carboxylic acids is 1. The van der Waals surface area contributed by atoms with Gasteiger partial charge < -0.3 is 26.0 Å². The van der Waals surface area contributed by atoms with Gasteiger partial charge in [0.1, 0.15) is 6.04 Å². The molecule has 54 heavy (non-hydrogen) atoms. The molecule has 0 bridgehead atoms. The number of hydrogen-bond acceptors (Lipinski definition) is 5. The molecule has 0 fully saturated rings. The highest BCUT2D eigenvalue weighted by Gasteiger charge is 2.36. The van der Waals surface area contributed by atoms with Crippen LogP contribution in [-0.4, -0.2) is 33.8 Å². The highest BCUT2D eigenvalue weighted by Crippen LogP contribution is 2.37. The number of anilines is 2. The van der Waals surface area contributed by atoms with Gasteiger partial charge in [0.05, 0.1) is 13.0 Å². The first-order valence-corrected chi connectivity index (χ1v) is 17.9. The zero-order valence-electron chi connectivity index (χ0n) is 29.5. The van der Waals surface area contributed by atoms with Crippen molar-refractivity contribution in [3.8, 4) is 0 Å². The van der Waals surface area contributed by atoms with Crippen LogP contribution < -0.4 is 16.0 Å². The van der Waals surface area contributed by atoms with Crippen LogP contribution in [0.4, 0.5) is 11.4 Å². The van der Waals surface area contributed by atoms with E-state index in [0.29, 0.717) is 17.8 Å². The van der Waals surface area contributed by atoms with Crippen molar-refractivity contribution in [3.63, 3.8) is 0 Å². The van der Waals surface area contributed by atoms with Gasteiger partial charge in [-0.05, 0) is 91.0 Å². The molecule has 0 radical (unpaired) electrons. The molecule has 266 valence electrons. The fourth-order valence-corrected chi connectivity index (χ4v) is 7.49. The smallest absolute Gasteiger partial charge is 0.305 e. The molecule has 1 unspecified atom stereocenters. The Hall–Kier alpha value is -6.77. The Balaban J connectivity index is 1.22. The number of nitrogens with two attached hydrogens (primary N) is 1. The third kappa shape index (κ3) is 6.78. The van der Waals surface area contributed by atoms with Gasteiger partial charge in [0, 0.05) is 36.2 Å². The van der Waals surface area contributed by atoms with Gasteiger partial charge in [0.2, 0.25) is 5.91 Å². The number of carbonyl (C=O) groups excluding carboxylic acids is 2. The molecule has 8 heteroatoms. The normalized spacial score (nSPS) is 14.5. The predicted octanol–water partition coefficient (Wildman–Crippen LogP) is 8.72. The van der Waals surface area contributed by atoms with Crippen molar-refractivity contribution in [2.45, 2.75) is 32.1 Å². The summed E-state index contributed by atoms with van der Waals surface area (Å²) in [5.41, 5.74) is 11.1. The number of nitrogens with one attached hydrogen (secondary N) is 1. The SMILES string of the molecule is NCc1ccc(C(=O)Nc2ccc3c(c2)CN(C=Cc2ccccc2)C(=O)C(CC(=O)O)N3Cc2cccc3c2ccc2c4ccccc4ccc32)cc1. The molecule has 7 aromatic carbocycles. The van der Waals surface area contributed by atoms with E-state index in [9.17, 15) is 19.5 Å². The molecule has 1 aliphatic heterocycles. The van der Waals surface area contributed by atoms with Crippen molar-refractivity contribution < 1.29 is 19.5 Å². The van der Waals surface area contributed by atoms with Crippen LogP contribution >= 0.6 is 0 Å². The number of rotatable bonds is 9. The number of fused-ring (bicyclic) bond motifs is 6. The number of carboxylic acids is 1. The zero-order valence-corrected chi connectivity index (χ0v) is 29.5. The Morgan fingerprint density at radius 2 is 1.46 bits per heavy atom. The molecule has 2 amide bonds. The lowest BCUT2D eigenvalue weighted by atomic mass is 9.94. The van der Waals surface area contributed by atoms with E-state index in [1.54, 1.807) is 29.3 Å². The molecule has 0 spiro atoms. The molecule has 0 aliphatic carbocycles. The van der Waals surface area contributed by atoms with Gasteiger partial charge in [-0.1, -0.05) is 109 Å². The first-order valence-electron chi connectivity index (χ1n) is 17.9. The van der Waals surface area contributed by atoms with E-state index < -0.39 is 18.4 Å². The predicted molar refractivity (Wildman–Crippen MR) is 216 cm³/mol. The van der Waals surface area contributed by atoms with Gasteiger partial charge in [-0.2, -0.15) is 0 Å². The third-order valence-corrected chi connectivity index (χ3v) is 10.2. The quantitative estimate of drug-likeness (QED) is 0.129. The summed E-state index contributed by atoms with van der Waals surface area (Å²) in [6.07, 6.45) is 3.17. The van der Waals surface area contributed by atoms with Crippen LogP contribution in [0.15, 0.2) is 146 Å². The molecule has 4 N–H and O–H groups in total. The summed E-state index contributed by atoms with van der Waals surface area (Å²) in [6.45, 7) is 0.835. The topological polar surface area (TPSA) is 116 Å². The molecular weight excluding hydrogens is 673 g/mol. The largest absolute Gasteiger partial charge is 0.481 e. The second-order valence-corrected chi connectivity index (χ2v) is 13.6. The number of nitrogens with zero attached hydrogens (tertiary/aromatic N) is 2. The second-order valence-electron chi connectivity index (χ2n) is 13.6. The van der Waals surface area contributed by atoms with Crippen molar-refractivity contribution in [2.75, 3.05) is 10.2 Å². The number of hydrogen-bond donors (Lipinski definition) is 3. The minimum atomic E-state index is -1.07. The van der Waals surface area contributed by atoms with Crippen molar-refractivity contribution in [1.29, 1.82) is 0 Å². The van der Waals surface area contributed by atoms with Crippen LogP contribution in [0.5, 0.6) is 0 Å². The Labute approximate surface area is 312 Å². The molecule has 0 saturated heterocycles. The summed E-state index contributed by atoms with van der Waals surface area (Å²) in [6, 6.07) is 44.4. The molecule has 7 aromatic rings. The van der Waals surface area contributed by atoms with Crippen LogP contribution in [-0.2, 0) is 29.2 Å². The number of carboxylic acid groups (broad SMARTS) is 1. The van der Waals surface area contributed by atoms with Gasteiger partial charge in [-0.25, -0.2) is 0 Å². The highest BCUT2D eigenvalue weighted by atomic mass is 16.4. The lowest BCUT2D eigenvalue weighted by Crippen LogP contribution is -2.46. The van der Waals surface area contributed by atoms with Crippen molar-refractivity contribution >= 4 is 67.6 Å². The molecule has 0 saturated carbocycles. The zero-order chi connectivity index (χ0) is 37.2. The van der Waals surface area contributed by atoms with E-state index in [0.717, 1.165) is 49.5 Å². The Kier molecular flexibility index (Phi) is 9.34. The molecular formula is C46H38N4O4. The number of carbonyl (C=O) groups is 3. The molecule has 0 aromatic heterocycles. The monoisotopic (exact) mass is 710 g/mol. The van der Waals surface area contributed by atoms with E-state index >= 15 is 0 Å². The maximum Gasteiger partial charge on any atom is 0.305 e. The van der Waals surface area contributed by atoms with E-state index in [-0.39, 0.29) is 24.9 Å². The highest BCUT2D eigenvalue weighted by molar-refractivity contribution is 6.17. The standard InChI is InChI=1S/C46H38N4O4/c47-27-31-13-15-33(16-14-31)45(53)48-36-18-22-42-35(25-36)28-49(24-23-30-7-2-1-3-8-30)46(54)43(26-44(51)52)50(42)29-34-10-6-12-39-38(34)20-21-40-37-11-5-4-9-32(37)17-19-41(39)40/h1-25,43H,26-29,47H2,(H,48,53)(H,51,52). The van der Waals surface area contributed by atoms with Crippen LogP contribution in [0.1, 0.15) is 39.0 Å². The minimum Gasteiger partial charge on any atom is -0.481 e. The van der Waals surface area contributed by atoms with Crippen LogP contribution in [0.3, 0.4) is 0 Å². The van der Waals surface area contributed by atoms with Gasteiger partial charge in [-0.15, -0.1) is 0 Å². The summed E-state index contributed by atoms with van der Waals surface area (Å²) in [7, 11) is 0. The van der Waals surface area contributed by atoms with Crippen molar-refractivity contribution in [2.24, 2.45) is 5.73 Å². The maximum atomic E-state index is 14.5. The Morgan fingerprint density at radius 1 is 0.759 bits per heavy atom. The van der Waals surface area contributed by atoms with E-state index in [2.05, 4.69) is 47.8 Å².